The van der Waals surface area contributed by atoms with E-state index in [2.05, 4.69) is 5.32 Å². The molecule has 0 radical (unpaired) electrons. The maximum absolute atomic E-state index is 12.0. The number of nitrogens with one attached hydrogen (secondary N) is 1. The Hall–Kier alpha value is -2.15. The van der Waals surface area contributed by atoms with Gasteiger partial charge in [0.25, 0.3) is 5.91 Å². The minimum Gasteiger partial charge on any atom is -0.478 e. The number of carboxylic acid groups (broad SMARTS) is 1. The van der Waals surface area contributed by atoms with Gasteiger partial charge < -0.3 is 10.0 Å². The molecule has 0 aliphatic rings. The first-order valence-corrected chi connectivity index (χ1v) is 6.83. The fourth-order valence-corrected chi connectivity index (χ4v) is 2.13. The number of carboxylic acids is 1. The Balaban J connectivity index is 2.65. The number of urea groups is 1. The third-order valence-corrected chi connectivity index (χ3v) is 3.26. The Labute approximate surface area is 120 Å². The lowest BCUT2D eigenvalue weighted by Gasteiger charge is -2.25. The summed E-state index contributed by atoms with van der Waals surface area (Å²) in [7, 11) is 0. The second-order valence-corrected chi connectivity index (χ2v) is 5.30. The lowest BCUT2D eigenvalue weighted by Crippen LogP contribution is -2.45. The van der Waals surface area contributed by atoms with E-state index >= 15 is 0 Å². The van der Waals surface area contributed by atoms with Gasteiger partial charge in [0.15, 0.2) is 0 Å². The number of carbonyl (C=O) groups is 3. The Morgan fingerprint density at radius 3 is 2.60 bits per heavy atom. The Morgan fingerprint density at radius 1 is 1.40 bits per heavy atom. The molecule has 0 spiro atoms. The average Bonchev–Trinajstić information content (AvgIpc) is 2.85. The molecule has 0 aromatic carbocycles. The van der Waals surface area contributed by atoms with E-state index in [-0.39, 0.29) is 6.04 Å². The van der Waals surface area contributed by atoms with E-state index < -0.39 is 17.9 Å². The van der Waals surface area contributed by atoms with Gasteiger partial charge in [-0.15, -0.1) is 11.3 Å². The third kappa shape index (κ3) is 5.23. The summed E-state index contributed by atoms with van der Waals surface area (Å²) >= 11 is 1.52. The predicted octanol–water partition coefficient (Wildman–Crippen LogP) is 1.84. The molecule has 6 nitrogen and oxygen atoms in total. The smallest absolute Gasteiger partial charge is 0.328 e. The van der Waals surface area contributed by atoms with Crippen molar-refractivity contribution in [1.29, 1.82) is 0 Å². The van der Waals surface area contributed by atoms with Gasteiger partial charge in [0, 0.05) is 23.1 Å². The molecular weight excluding hydrogens is 280 g/mol. The molecule has 0 fully saturated rings. The highest BCUT2D eigenvalue weighted by Crippen LogP contribution is 2.13. The summed E-state index contributed by atoms with van der Waals surface area (Å²) in [5, 5.41) is 12.4. The number of hydrogen-bond donors (Lipinski definition) is 2. The van der Waals surface area contributed by atoms with Crippen LogP contribution < -0.4 is 5.32 Å². The first kappa shape index (κ1) is 15.9. The molecule has 2 N–H and O–H groups in total. The standard InChI is InChI=1S/C13H16N2O4S/c1-9(2)15(8-10-4-3-7-20-10)13(19)14-11(16)5-6-12(17)18/h3-7,9H,8H2,1-2H3,(H,17,18)(H,14,16,19). The quantitative estimate of drug-likeness (QED) is 0.812. The summed E-state index contributed by atoms with van der Waals surface area (Å²) in [6.07, 6.45) is 1.49. The van der Waals surface area contributed by atoms with Crippen LogP contribution in [0.25, 0.3) is 0 Å². The Bertz CT molecular complexity index is 508. The molecule has 0 unspecified atom stereocenters. The first-order chi connectivity index (χ1) is 9.40. The highest BCUT2D eigenvalue weighted by molar-refractivity contribution is 7.09. The largest absolute Gasteiger partial charge is 0.478 e. The number of amides is 3. The van der Waals surface area contributed by atoms with E-state index in [4.69, 9.17) is 5.11 Å². The molecule has 0 aliphatic heterocycles. The van der Waals surface area contributed by atoms with Crippen LogP contribution in [-0.2, 0) is 16.1 Å². The SMILES string of the molecule is CC(C)N(Cc1cccs1)C(=O)NC(=O)C=CC(=O)O. The molecule has 108 valence electrons. The van der Waals surface area contributed by atoms with Gasteiger partial charge in [0.1, 0.15) is 0 Å². The molecule has 20 heavy (non-hydrogen) atoms. The summed E-state index contributed by atoms with van der Waals surface area (Å²) in [6.45, 7) is 4.08. The van der Waals surface area contributed by atoms with Crippen molar-refractivity contribution in [2.45, 2.75) is 26.4 Å². The van der Waals surface area contributed by atoms with Crippen LogP contribution >= 0.6 is 11.3 Å². The lowest BCUT2D eigenvalue weighted by atomic mass is 10.3. The summed E-state index contributed by atoms with van der Waals surface area (Å²) in [5.41, 5.74) is 0. The summed E-state index contributed by atoms with van der Waals surface area (Å²) < 4.78 is 0. The van der Waals surface area contributed by atoms with Gasteiger partial charge >= 0.3 is 12.0 Å². The topological polar surface area (TPSA) is 86.7 Å². The Kier molecular flexibility index (Phi) is 5.92. The third-order valence-electron chi connectivity index (χ3n) is 2.40. The van der Waals surface area contributed by atoms with Crippen LogP contribution in [-0.4, -0.2) is 34.0 Å². The van der Waals surface area contributed by atoms with E-state index in [0.29, 0.717) is 12.6 Å². The molecular formula is C13H16N2O4S. The van der Waals surface area contributed by atoms with E-state index in [9.17, 15) is 14.4 Å². The number of aliphatic carboxylic acids is 1. The van der Waals surface area contributed by atoms with Gasteiger partial charge in [0.05, 0.1) is 6.54 Å². The van der Waals surface area contributed by atoms with Crippen molar-refractivity contribution in [3.63, 3.8) is 0 Å². The number of hydrogen-bond acceptors (Lipinski definition) is 4. The summed E-state index contributed by atoms with van der Waals surface area (Å²) in [6, 6.07) is 3.15. The number of rotatable bonds is 5. The summed E-state index contributed by atoms with van der Waals surface area (Å²) in [5.74, 6) is -2.00. The minimum absolute atomic E-state index is 0.0895. The van der Waals surface area contributed by atoms with Crippen LogP contribution in [0, 0.1) is 0 Å². The molecule has 0 bridgehead atoms. The molecule has 7 heteroatoms. The van der Waals surface area contributed by atoms with Crippen molar-refractivity contribution in [3.8, 4) is 0 Å². The predicted molar refractivity (Wildman–Crippen MR) is 75.3 cm³/mol. The maximum Gasteiger partial charge on any atom is 0.328 e. The van der Waals surface area contributed by atoms with Crippen LogP contribution in [0.5, 0.6) is 0 Å². The molecule has 3 amide bonds. The van der Waals surface area contributed by atoms with Crippen molar-refractivity contribution in [3.05, 3.63) is 34.5 Å². The summed E-state index contributed by atoms with van der Waals surface area (Å²) in [4.78, 5) is 36.1. The zero-order valence-electron chi connectivity index (χ0n) is 11.2. The van der Waals surface area contributed by atoms with Gasteiger partial charge in [0.2, 0.25) is 0 Å². The highest BCUT2D eigenvalue weighted by Gasteiger charge is 2.19. The lowest BCUT2D eigenvalue weighted by molar-refractivity contribution is -0.131. The van der Waals surface area contributed by atoms with E-state index in [0.717, 1.165) is 11.0 Å². The first-order valence-electron chi connectivity index (χ1n) is 5.95. The Morgan fingerprint density at radius 2 is 2.10 bits per heavy atom. The van der Waals surface area contributed by atoms with Crippen LogP contribution in [0.2, 0.25) is 0 Å². The van der Waals surface area contributed by atoms with Crippen LogP contribution in [0.1, 0.15) is 18.7 Å². The molecule has 1 rings (SSSR count). The second-order valence-electron chi connectivity index (χ2n) is 4.27. The monoisotopic (exact) mass is 296 g/mol. The van der Waals surface area contributed by atoms with Crippen molar-refractivity contribution in [1.82, 2.24) is 10.2 Å². The zero-order chi connectivity index (χ0) is 15.1. The molecule has 0 aliphatic carbocycles. The maximum atomic E-state index is 12.0. The second kappa shape index (κ2) is 7.44. The molecule has 0 atom stereocenters. The molecule has 0 saturated heterocycles. The van der Waals surface area contributed by atoms with E-state index in [1.54, 1.807) is 0 Å². The number of carbonyl (C=O) groups excluding carboxylic acids is 2. The number of imide groups is 1. The van der Waals surface area contributed by atoms with Crippen LogP contribution in [0.15, 0.2) is 29.7 Å². The zero-order valence-corrected chi connectivity index (χ0v) is 12.0. The molecule has 1 aromatic heterocycles. The fraction of sp³-hybridized carbons (Fsp3) is 0.308. The van der Waals surface area contributed by atoms with Crippen molar-refractivity contribution in [2.24, 2.45) is 0 Å². The van der Waals surface area contributed by atoms with E-state index in [1.807, 2.05) is 31.4 Å². The van der Waals surface area contributed by atoms with Crippen molar-refractivity contribution < 1.29 is 19.5 Å². The van der Waals surface area contributed by atoms with Crippen LogP contribution in [0.3, 0.4) is 0 Å². The van der Waals surface area contributed by atoms with Gasteiger partial charge in [-0.2, -0.15) is 0 Å². The molecule has 0 saturated carbocycles. The van der Waals surface area contributed by atoms with Crippen LogP contribution in [0.4, 0.5) is 4.79 Å². The van der Waals surface area contributed by atoms with E-state index in [1.165, 1.54) is 16.2 Å². The normalized spacial score (nSPS) is 10.8. The van der Waals surface area contributed by atoms with Gasteiger partial charge in [-0.3, -0.25) is 10.1 Å². The molecule has 1 heterocycles. The van der Waals surface area contributed by atoms with Crippen molar-refractivity contribution >= 4 is 29.2 Å². The van der Waals surface area contributed by atoms with Gasteiger partial charge in [-0.25, -0.2) is 9.59 Å². The highest BCUT2D eigenvalue weighted by atomic mass is 32.1. The number of thiophene rings is 1. The van der Waals surface area contributed by atoms with Gasteiger partial charge in [-0.05, 0) is 25.3 Å². The van der Waals surface area contributed by atoms with Gasteiger partial charge in [-0.1, -0.05) is 6.07 Å². The number of nitrogens with zero attached hydrogens (tertiary/aromatic N) is 1. The van der Waals surface area contributed by atoms with Crippen molar-refractivity contribution in [2.75, 3.05) is 0 Å². The minimum atomic E-state index is -1.24. The fourth-order valence-electron chi connectivity index (χ4n) is 1.43. The molecule has 1 aromatic rings. The average molecular weight is 296 g/mol.